The third-order valence-electron chi connectivity index (χ3n) is 2.92. The summed E-state index contributed by atoms with van der Waals surface area (Å²) in [6.07, 6.45) is -0.862. The number of Topliss-reactive ketones (excluding diaryl/α,β-unsaturated/α-hetero) is 1. The van der Waals surface area contributed by atoms with Crippen LogP contribution in [0.25, 0.3) is 0 Å². The van der Waals surface area contributed by atoms with Crippen molar-refractivity contribution in [3.63, 3.8) is 0 Å². The molecule has 114 valence electrons. The molecule has 0 radical (unpaired) electrons. The molecule has 0 saturated carbocycles. The number of rotatable bonds is 4. The number of hydrogen-bond donors (Lipinski definition) is 2. The van der Waals surface area contributed by atoms with Gasteiger partial charge in [-0.05, 0) is 24.6 Å². The van der Waals surface area contributed by atoms with Crippen molar-refractivity contribution < 1.29 is 23.8 Å². The number of amides is 1. The second kappa shape index (κ2) is 6.71. The number of benzene rings is 2. The van der Waals surface area contributed by atoms with Gasteiger partial charge in [0.25, 0.3) is 0 Å². The smallest absolute Gasteiger partial charge is 0.412 e. The van der Waals surface area contributed by atoms with Gasteiger partial charge >= 0.3 is 6.09 Å². The highest BCUT2D eigenvalue weighted by molar-refractivity contribution is 5.97. The van der Waals surface area contributed by atoms with E-state index in [4.69, 9.17) is 4.74 Å². The molecule has 0 saturated heterocycles. The number of hydrogen-bond acceptors (Lipinski definition) is 4. The van der Waals surface area contributed by atoms with Gasteiger partial charge in [0, 0.05) is 5.56 Å². The number of carbonyl (C=O) groups excluding carboxylic acids is 2. The lowest BCUT2D eigenvalue weighted by atomic mass is 10.1. The minimum atomic E-state index is -0.994. The first kappa shape index (κ1) is 15.5. The minimum Gasteiger partial charge on any atom is -0.503 e. The summed E-state index contributed by atoms with van der Waals surface area (Å²) < 4.78 is 18.5. The summed E-state index contributed by atoms with van der Waals surface area (Å²) in [6, 6.07) is 11.1. The van der Waals surface area contributed by atoms with Gasteiger partial charge in [-0.2, -0.15) is 0 Å². The molecule has 0 unspecified atom stereocenters. The van der Waals surface area contributed by atoms with Crippen LogP contribution in [0.2, 0.25) is 0 Å². The first-order valence-corrected chi connectivity index (χ1v) is 6.48. The maximum absolute atomic E-state index is 13.5. The number of phenols is 1. The van der Waals surface area contributed by atoms with Crippen molar-refractivity contribution in [3.05, 3.63) is 59.4 Å². The molecule has 0 bridgehead atoms. The summed E-state index contributed by atoms with van der Waals surface area (Å²) in [4.78, 5) is 22.9. The van der Waals surface area contributed by atoms with E-state index >= 15 is 0 Å². The van der Waals surface area contributed by atoms with E-state index in [-0.39, 0.29) is 23.6 Å². The van der Waals surface area contributed by atoms with Crippen molar-refractivity contribution in [2.45, 2.75) is 13.5 Å². The molecular formula is C16H14FNO4. The van der Waals surface area contributed by atoms with Gasteiger partial charge in [-0.3, -0.25) is 10.1 Å². The van der Waals surface area contributed by atoms with Crippen molar-refractivity contribution in [2.24, 2.45) is 0 Å². The number of ketones is 1. The fourth-order valence-corrected chi connectivity index (χ4v) is 1.77. The van der Waals surface area contributed by atoms with Crippen LogP contribution in [0.15, 0.2) is 42.5 Å². The van der Waals surface area contributed by atoms with Crippen molar-refractivity contribution in [1.82, 2.24) is 0 Å². The zero-order valence-corrected chi connectivity index (χ0v) is 11.8. The van der Waals surface area contributed by atoms with Crippen molar-refractivity contribution in [3.8, 4) is 5.75 Å². The Morgan fingerprint density at radius 2 is 1.91 bits per heavy atom. The summed E-state index contributed by atoms with van der Waals surface area (Å²) >= 11 is 0. The Kier molecular flexibility index (Phi) is 4.73. The van der Waals surface area contributed by atoms with Gasteiger partial charge in [0.2, 0.25) is 0 Å². The molecule has 22 heavy (non-hydrogen) atoms. The lowest BCUT2D eigenvalue weighted by Gasteiger charge is -2.10. The lowest BCUT2D eigenvalue weighted by Crippen LogP contribution is -2.14. The average Bonchev–Trinajstić information content (AvgIpc) is 2.50. The van der Waals surface area contributed by atoms with Crippen LogP contribution in [0.4, 0.5) is 14.9 Å². The maximum atomic E-state index is 13.5. The van der Waals surface area contributed by atoms with Gasteiger partial charge in [-0.15, -0.1) is 0 Å². The van der Waals surface area contributed by atoms with Crippen molar-refractivity contribution >= 4 is 17.6 Å². The molecule has 1 amide bonds. The van der Waals surface area contributed by atoms with Crippen LogP contribution in [0.1, 0.15) is 22.8 Å². The molecule has 0 aliphatic rings. The molecule has 2 rings (SSSR count). The molecule has 0 aliphatic heterocycles. The van der Waals surface area contributed by atoms with E-state index in [9.17, 15) is 19.1 Å². The number of halogens is 1. The van der Waals surface area contributed by atoms with Crippen LogP contribution in [0.5, 0.6) is 5.75 Å². The van der Waals surface area contributed by atoms with E-state index in [0.717, 1.165) is 11.6 Å². The third-order valence-corrected chi connectivity index (χ3v) is 2.92. The minimum absolute atomic E-state index is 0.0301. The molecule has 0 fully saturated rings. The van der Waals surface area contributed by atoms with E-state index in [1.807, 2.05) is 6.07 Å². The number of carbonyl (C=O) groups is 2. The largest absolute Gasteiger partial charge is 0.503 e. The Balaban J connectivity index is 2.06. The molecule has 2 aromatic rings. The maximum Gasteiger partial charge on any atom is 0.412 e. The monoisotopic (exact) mass is 303 g/mol. The van der Waals surface area contributed by atoms with E-state index in [1.165, 1.54) is 13.0 Å². The predicted molar refractivity (Wildman–Crippen MR) is 78.3 cm³/mol. The zero-order chi connectivity index (χ0) is 16.1. The summed E-state index contributed by atoms with van der Waals surface area (Å²) in [5.74, 6) is -2.13. The summed E-state index contributed by atoms with van der Waals surface area (Å²) in [5, 5.41) is 11.8. The fourth-order valence-electron chi connectivity index (χ4n) is 1.77. The molecule has 0 aromatic heterocycles. The SMILES string of the molecule is CC(=O)c1cc(F)c(O)c(NC(=O)OCc2ccccc2)c1. The number of phenolic OH excluding ortho intramolecular Hbond substituents is 1. The quantitative estimate of drug-likeness (QED) is 0.669. The van der Waals surface area contributed by atoms with Crippen LogP contribution >= 0.6 is 0 Å². The summed E-state index contributed by atoms with van der Waals surface area (Å²) in [5.41, 5.74) is 0.600. The van der Waals surface area contributed by atoms with Gasteiger partial charge in [0.05, 0.1) is 5.69 Å². The van der Waals surface area contributed by atoms with Crippen LogP contribution in [-0.4, -0.2) is 17.0 Å². The van der Waals surface area contributed by atoms with Crippen LogP contribution in [0, 0.1) is 5.82 Å². The lowest BCUT2D eigenvalue weighted by molar-refractivity contribution is 0.101. The van der Waals surface area contributed by atoms with E-state index in [2.05, 4.69) is 5.32 Å². The highest BCUT2D eigenvalue weighted by atomic mass is 19.1. The summed E-state index contributed by atoms with van der Waals surface area (Å²) in [6.45, 7) is 1.28. The summed E-state index contributed by atoms with van der Waals surface area (Å²) in [7, 11) is 0. The molecule has 0 aliphatic carbocycles. The number of aromatic hydroxyl groups is 1. The first-order chi connectivity index (χ1) is 10.5. The third kappa shape index (κ3) is 3.82. The fraction of sp³-hybridized carbons (Fsp3) is 0.125. The molecule has 5 nitrogen and oxygen atoms in total. The van der Waals surface area contributed by atoms with Gasteiger partial charge in [0.15, 0.2) is 17.3 Å². The normalized spacial score (nSPS) is 10.1. The van der Waals surface area contributed by atoms with E-state index in [1.54, 1.807) is 24.3 Å². The molecule has 6 heteroatoms. The van der Waals surface area contributed by atoms with Crippen molar-refractivity contribution in [1.29, 1.82) is 0 Å². The number of ether oxygens (including phenoxy) is 1. The second-order valence-corrected chi connectivity index (χ2v) is 4.60. The second-order valence-electron chi connectivity index (χ2n) is 4.60. The topological polar surface area (TPSA) is 75.6 Å². The standard InChI is InChI=1S/C16H14FNO4/c1-10(19)12-7-13(17)15(20)14(8-12)18-16(21)22-9-11-5-3-2-4-6-11/h2-8,20H,9H2,1H3,(H,18,21). The van der Waals surface area contributed by atoms with Gasteiger partial charge in [-0.1, -0.05) is 30.3 Å². The Bertz CT molecular complexity index is 701. The van der Waals surface area contributed by atoms with Gasteiger partial charge in [-0.25, -0.2) is 9.18 Å². The Hall–Kier alpha value is -2.89. The molecule has 0 heterocycles. The Morgan fingerprint density at radius 1 is 1.23 bits per heavy atom. The van der Waals surface area contributed by atoms with Crippen molar-refractivity contribution in [2.75, 3.05) is 5.32 Å². The molecular weight excluding hydrogens is 289 g/mol. The van der Waals surface area contributed by atoms with Gasteiger partial charge < -0.3 is 9.84 Å². The van der Waals surface area contributed by atoms with Crippen LogP contribution in [0.3, 0.4) is 0 Å². The first-order valence-electron chi connectivity index (χ1n) is 6.48. The molecule has 2 aromatic carbocycles. The average molecular weight is 303 g/mol. The molecule has 0 atom stereocenters. The van der Waals surface area contributed by atoms with Crippen LogP contribution < -0.4 is 5.32 Å². The van der Waals surface area contributed by atoms with E-state index < -0.39 is 17.7 Å². The highest BCUT2D eigenvalue weighted by Crippen LogP contribution is 2.28. The Labute approximate surface area is 126 Å². The van der Waals surface area contributed by atoms with Gasteiger partial charge in [0.1, 0.15) is 6.61 Å². The number of nitrogens with one attached hydrogen (secondary N) is 1. The zero-order valence-electron chi connectivity index (χ0n) is 11.8. The molecule has 0 spiro atoms. The van der Waals surface area contributed by atoms with Crippen LogP contribution in [-0.2, 0) is 11.3 Å². The predicted octanol–water partition coefficient (Wildman–Crippen LogP) is 3.48. The molecule has 2 N–H and O–H groups in total. The number of anilines is 1. The highest BCUT2D eigenvalue weighted by Gasteiger charge is 2.15. The van der Waals surface area contributed by atoms with E-state index in [0.29, 0.717) is 0 Å². The Morgan fingerprint density at radius 3 is 2.55 bits per heavy atom.